The molecule has 0 bridgehead atoms. The lowest BCUT2D eigenvalue weighted by Crippen LogP contribution is -2.00. The fourth-order valence-corrected chi connectivity index (χ4v) is 1.66. The maximum Gasteiger partial charge on any atom is 0.335 e. The molecule has 0 heterocycles. The molecular weight excluding hydrogens is 305 g/mol. The molecule has 108 valence electrons. The number of ether oxygens (including phenoxy) is 1. The van der Waals surface area contributed by atoms with Crippen molar-refractivity contribution in [3.8, 4) is 11.5 Å². The zero-order chi connectivity index (χ0) is 15.6. The van der Waals surface area contributed by atoms with E-state index >= 15 is 0 Å². The first-order chi connectivity index (χ1) is 9.88. The molecule has 6 nitrogen and oxygen atoms in total. The summed E-state index contributed by atoms with van der Waals surface area (Å²) in [6.45, 7) is 0. The fraction of sp³-hybridized carbons (Fsp3) is 0. The summed E-state index contributed by atoms with van der Waals surface area (Å²) in [5.41, 5.74) is -0.790. The average Bonchev–Trinajstić information content (AvgIpc) is 2.43. The van der Waals surface area contributed by atoms with Crippen molar-refractivity contribution in [1.82, 2.24) is 0 Å². The molecule has 0 aromatic heterocycles. The van der Waals surface area contributed by atoms with Crippen LogP contribution in [0.1, 0.15) is 10.4 Å². The Hall–Kier alpha value is -2.67. The predicted molar refractivity (Wildman–Crippen MR) is 71.5 cm³/mol. The third kappa shape index (κ3) is 3.26. The second-order valence-corrected chi connectivity index (χ2v) is 4.33. The number of nitro benzene ring substituents is 1. The number of carbonyl (C=O) groups is 1. The van der Waals surface area contributed by atoms with Gasteiger partial charge in [-0.1, -0.05) is 11.6 Å². The summed E-state index contributed by atoms with van der Waals surface area (Å²) in [5, 5.41) is 19.6. The van der Waals surface area contributed by atoms with Crippen LogP contribution in [0.2, 0.25) is 5.02 Å². The summed E-state index contributed by atoms with van der Waals surface area (Å²) in [6, 6.07) is 6.69. The largest absolute Gasteiger partial charge is 0.478 e. The quantitative estimate of drug-likeness (QED) is 0.683. The van der Waals surface area contributed by atoms with Crippen molar-refractivity contribution in [1.29, 1.82) is 0 Å². The van der Waals surface area contributed by atoms with Crippen molar-refractivity contribution in [2.45, 2.75) is 0 Å². The highest BCUT2D eigenvalue weighted by Crippen LogP contribution is 2.33. The molecule has 1 N–H and O–H groups in total. The van der Waals surface area contributed by atoms with E-state index in [1.165, 1.54) is 12.1 Å². The van der Waals surface area contributed by atoms with Gasteiger partial charge in [0.2, 0.25) is 5.75 Å². The van der Waals surface area contributed by atoms with Gasteiger partial charge in [-0.25, -0.2) is 9.18 Å². The van der Waals surface area contributed by atoms with Gasteiger partial charge >= 0.3 is 11.7 Å². The van der Waals surface area contributed by atoms with Gasteiger partial charge in [-0.2, -0.15) is 0 Å². The zero-order valence-electron chi connectivity index (χ0n) is 10.2. The van der Waals surface area contributed by atoms with E-state index in [2.05, 4.69) is 0 Å². The molecule has 2 rings (SSSR count). The maximum atomic E-state index is 13.3. The van der Waals surface area contributed by atoms with Gasteiger partial charge in [0.15, 0.2) is 0 Å². The first kappa shape index (κ1) is 14.7. The molecule has 0 radical (unpaired) electrons. The van der Waals surface area contributed by atoms with Gasteiger partial charge in [-0.3, -0.25) is 10.1 Å². The van der Waals surface area contributed by atoms with Crippen molar-refractivity contribution >= 4 is 23.3 Å². The van der Waals surface area contributed by atoms with Gasteiger partial charge in [-0.05, 0) is 24.3 Å². The molecule has 0 saturated carbocycles. The van der Waals surface area contributed by atoms with Gasteiger partial charge in [-0.15, -0.1) is 0 Å². The Balaban J connectivity index is 2.41. The minimum absolute atomic E-state index is 0.00285. The monoisotopic (exact) mass is 311 g/mol. The van der Waals surface area contributed by atoms with Gasteiger partial charge < -0.3 is 9.84 Å². The molecular formula is C13H7ClFNO5. The zero-order valence-corrected chi connectivity index (χ0v) is 11.0. The normalized spacial score (nSPS) is 10.2. The van der Waals surface area contributed by atoms with E-state index in [1.807, 2.05) is 0 Å². The summed E-state index contributed by atoms with van der Waals surface area (Å²) < 4.78 is 18.5. The smallest absolute Gasteiger partial charge is 0.335 e. The minimum Gasteiger partial charge on any atom is -0.478 e. The summed E-state index contributed by atoms with van der Waals surface area (Å²) in [7, 11) is 0. The molecule has 0 unspecified atom stereocenters. The lowest BCUT2D eigenvalue weighted by molar-refractivity contribution is -0.385. The van der Waals surface area contributed by atoms with E-state index < -0.39 is 22.4 Å². The third-order valence-corrected chi connectivity index (χ3v) is 2.83. The summed E-state index contributed by atoms with van der Waals surface area (Å²) >= 11 is 5.52. The number of nitrogens with zero attached hydrogens (tertiary/aromatic N) is 1. The van der Waals surface area contributed by atoms with E-state index in [1.54, 1.807) is 0 Å². The van der Waals surface area contributed by atoms with E-state index in [9.17, 15) is 19.3 Å². The molecule has 0 saturated heterocycles. The Labute approximate surface area is 122 Å². The lowest BCUT2D eigenvalue weighted by Gasteiger charge is -2.07. The Morgan fingerprint density at radius 2 is 2.00 bits per heavy atom. The molecule has 0 amide bonds. The number of carboxylic acid groups (broad SMARTS) is 1. The Morgan fingerprint density at radius 3 is 2.57 bits per heavy atom. The molecule has 2 aromatic carbocycles. The van der Waals surface area contributed by atoms with Crippen LogP contribution in [0, 0.1) is 15.9 Å². The maximum absolute atomic E-state index is 13.3. The van der Waals surface area contributed by atoms with Gasteiger partial charge in [0.05, 0.1) is 15.5 Å². The van der Waals surface area contributed by atoms with Crippen LogP contribution in [0.4, 0.5) is 10.1 Å². The first-order valence-electron chi connectivity index (χ1n) is 5.53. The number of nitro groups is 1. The first-order valence-corrected chi connectivity index (χ1v) is 5.91. The van der Waals surface area contributed by atoms with E-state index in [0.29, 0.717) is 0 Å². The molecule has 0 spiro atoms. The summed E-state index contributed by atoms with van der Waals surface area (Å²) in [6.07, 6.45) is 0. The lowest BCUT2D eigenvalue weighted by atomic mass is 10.2. The van der Waals surface area contributed by atoms with Crippen LogP contribution >= 0.6 is 11.6 Å². The highest BCUT2D eigenvalue weighted by molar-refractivity contribution is 6.30. The van der Waals surface area contributed by atoms with Gasteiger partial charge in [0, 0.05) is 12.1 Å². The molecule has 0 aliphatic heterocycles. The number of rotatable bonds is 4. The van der Waals surface area contributed by atoms with Gasteiger partial charge in [0.25, 0.3) is 0 Å². The van der Waals surface area contributed by atoms with Crippen LogP contribution in [0.3, 0.4) is 0 Å². The summed E-state index contributed by atoms with van der Waals surface area (Å²) in [5.74, 6) is -2.24. The summed E-state index contributed by atoms with van der Waals surface area (Å²) in [4.78, 5) is 21.0. The highest BCUT2D eigenvalue weighted by Gasteiger charge is 2.19. The van der Waals surface area contributed by atoms with E-state index in [4.69, 9.17) is 21.4 Å². The second-order valence-electron chi connectivity index (χ2n) is 3.92. The van der Waals surface area contributed by atoms with Crippen LogP contribution < -0.4 is 4.74 Å². The molecule has 0 atom stereocenters. The Morgan fingerprint density at radius 1 is 1.29 bits per heavy atom. The predicted octanol–water partition coefficient (Wildman–Crippen LogP) is 3.88. The highest BCUT2D eigenvalue weighted by atomic mass is 35.5. The van der Waals surface area contributed by atoms with Crippen LogP contribution in [0.25, 0.3) is 0 Å². The second kappa shape index (κ2) is 5.76. The van der Waals surface area contributed by atoms with Crippen molar-refractivity contribution in [2.75, 3.05) is 0 Å². The number of aromatic carboxylic acids is 1. The number of benzene rings is 2. The Bertz CT molecular complexity index is 734. The van der Waals surface area contributed by atoms with Crippen molar-refractivity contribution < 1.29 is 24.0 Å². The minimum atomic E-state index is -1.30. The molecule has 0 aliphatic rings. The van der Waals surface area contributed by atoms with Crippen molar-refractivity contribution in [3.05, 3.63) is 62.9 Å². The van der Waals surface area contributed by atoms with E-state index in [0.717, 1.165) is 24.3 Å². The van der Waals surface area contributed by atoms with Crippen LogP contribution in [-0.2, 0) is 0 Å². The standard InChI is InChI=1S/C13H7ClFNO5/c14-9-3-2-8(6-10(9)15)21-12-4-1-7(13(17)18)5-11(12)16(19)20/h1-6H,(H,17,18). The molecule has 0 fully saturated rings. The van der Waals surface area contributed by atoms with Gasteiger partial charge in [0.1, 0.15) is 11.6 Å². The van der Waals surface area contributed by atoms with Crippen LogP contribution in [0.5, 0.6) is 11.5 Å². The number of hydrogen-bond acceptors (Lipinski definition) is 4. The number of halogens is 2. The van der Waals surface area contributed by atoms with Crippen LogP contribution in [-0.4, -0.2) is 16.0 Å². The molecule has 0 aliphatic carbocycles. The van der Waals surface area contributed by atoms with E-state index in [-0.39, 0.29) is 22.1 Å². The fourth-order valence-electron chi connectivity index (χ4n) is 1.55. The number of carboxylic acids is 1. The third-order valence-electron chi connectivity index (χ3n) is 2.52. The Kier molecular flexibility index (Phi) is 4.04. The van der Waals surface area contributed by atoms with Crippen LogP contribution in [0.15, 0.2) is 36.4 Å². The molecule has 21 heavy (non-hydrogen) atoms. The van der Waals surface area contributed by atoms with Crippen molar-refractivity contribution in [2.24, 2.45) is 0 Å². The van der Waals surface area contributed by atoms with Crippen molar-refractivity contribution in [3.63, 3.8) is 0 Å². The molecule has 2 aromatic rings. The molecule has 8 heteroatoms. The average molecular weight is 312 g/mol. The SMILES string of the molecule is O=C(O)c1ccc(Oc2ccc(Cl)c(F)c2)c([N+](=O)[O-])c1. The number of hydrogen-bond donors (Lipinski definition) is 1. The topological polar surface area (TPSA) is 89.7 Å².